The first-order valence-electron chi connectivity index (χ1n) is 7.50. The van der Waals surface area contributed by atoms with E-state index < -0.39 is 0 Å². The van der Waals surface area contributed by atoms with Gasteiger partial charge in [0.25, 0.3) is 0 Å². The molecule has 3 rings (SSSR count). The Morgan fingerprint density at radius 3 is 3.05 bits per heavy atom. The lowest BCUT2D eigenvalue weighted by Gasteiger charge is -2.19. The van der Waals surface area contributed by atoms with E-state index in [2.05, 4.69) is 23.5 Å². The van der Waals surface area contributed by atoms with Gasteiger partial charge in [-0.3, -0.25) is 4.79 Å². The maximum Gasteiger partial charge on any atom is 0.221 e. The molecule has 1 aliphatic carbocycles. The highest BCUT2D eigenvalue weighted by molar-refractivity contribution is 5.77. The fourth-order valence-electron chi connectivity index (χ4n) is 3.03. The number of carbonyl (C=O) groups is 1. The van der Waals surface area contributed by atoms with E-state index in [1.807, 2.05) is 18.2 Å². The molecule has 0 spiro atoms. The number of carbonyl (C=O) groups excluding carboxylic acids is 1. The Balaban J connectivity index is 1.67. The van der Waals surface area contributed by atoms with Gasteiger partial charge in [-0.2, -0.15) is 0 Å². The molecule has 1 amide bonds. The Kier molecular flexibility index (Phi) is 4.05. The van der Waals surface area contributed by atoms with Crippen LogP contribution in [0.1, 0.15) is 43.7 Å². The van der Waals surface area contributed by atoms with E-state index in [9.17, 15) is 4.79 Å². The highest BCUT2D eigenvalue weighted by atomic mass is 16.5. The molecule has 0 fully saturated rings. The van der Waals surface area contributed by atoms with Gasteiger partial charge in [-0.1, -0.05) is 30.4 Å². The van der Waals surface area contributed by atoms with Crippen LogP contribution in [0.25, 0.3) is 0 Å². The minimum Gasteiger partial charge on any atom is -0.493 e. The quantitative estimate of drug-likeness (QED) is 0.856. The molecule has 2 aliphatic rings. The van der Waals surface area contributed by atoms with Crippen molar-refractivity contribution >= 4 is 5.91 Å². The van der Waals surface area contributed by atoms with Crippen molar-refractivity contribution in [1.29, 1.82) is 0 Å². The normalized spacial score (nSPS) is 24.6. The van der Waals surface area contributed by atoms with Crippen LogP contribution in [0.2, 0.25) is 0 Å². The SMILES string of the molecule is O=C(C[C@H]1C=CCC1)N[C@H]1CCCOc2ccccc21. The molecule has 0 aromatic heterocycles. The smallest absolute Gasteiger partial charge is 0.221 e. The summed E-state index contributed by atoms with van der Waals surface area (Å²) in [6.45, 7) is 0.731. The van der Waals surface area contributed by atoms with Crippen LogP contribution in [0.5, 0.6) is 5.75 Å². The lowest BCUT2D eigenvalue weighted by atomic mass is 10.0. The molecule has 0 saturated carbocycles. The first kappa shape index (κ1) is 13.2. The van der Waals surface area contributed by atoms with Crippen molar-refractivity contribution in [2.45, 2.75) is 38.1 Å². The van der Waals surface area contributed by atoms with E-state index in [1.165, 1.54) is 0 Å². The van der Waals surface area contributed by atoms with Crippen LogP contribution in [0, 0.1) is 5.92 Å². The molecular formula is C17H21NO2. The second-order valence-electron chi connectivity index (χ2n) is 5.62. The Labute approximate surface area is 120 Å². The van der Waals surface area contributed by atoms with Gasteiger partial charge >= 0.3 is 0 Å². The van der Waals surface area contributed by atoms with Crippen LogP contribution in [-0.4, -0.2) is 12.5 Å². The van der Waals surface area contributed by atoms with Crippen LogP contribution >= 0.6 is 0 Å². The van der Waals surface area contributed by atoms with Crippen LogP contribution in [0.4, 0.5) is 0 Å². The van der Waals surface area contributed by atoms with E-state index in [0.29, 0.717) is 12.3 Å². The molecule has 3 nitrogen and oxygen atoms in total. The molecule has 106 valence electrons. The maximum absolute atomic E-state index is 12.2. The second kappa shape index (κ2) is 6.12. The highest BCUT2D eigenvalue weighted by Gasteiger charge is 2.22. The van der Waals surface area contributed by atoms with Gasteiger partial charge < -0.3 is 10.1 Å². The molecule has 0 unspecified atom stereocenters. The van der Waals surface area contributed by atoms with Gasteiger partial charge in [0, 0.05) is 12.0 Å². The van der Waals surface area contributed by atoms with Crippen molar-refractivity contribution in [1.82, 2.24) is 5.32 Å². The van der Waals surface area contributed by atoms with Crippen molar-refractivity contribution in [3.05, 3.63) is 42.0 Å². The van der Waals surface area contributed by atoms with E-state index in [0.717, 1.165) is 43.6 Å². The zero-order valence-corrected chi connectivity index (χ0v) is 11.7. The third-order valence-corrected chi connectivity index (χ3v) is 4.08. The van der Waals surface area contributed by atoms with Gasteiger partial charge in [-0.25, -0.2) is 0 Å². The summed E-state index contributed by atoms with van der Waals surface area (Å²) in [5.41, 5.74) is 1.11. The standard InChI is InChI=1S/C17H21NO2/c19-17(12-13-6-1-2-7-13)18-15-9-5-11-20-16-10-4-3-8-14(15)16/h1,3-4,6,8,10,13,15H,2,5,7,9,11-12H2,(H,18,19)/t13-,15-/m0/s1. The van der Waals surface area contributed by atoms with Crippen molar-refractivity contribution < 1.29 is 9.53 Å². The minimum atomic E-state index is 0.0894. The summed E-state index contributed by atoms with van der Waals surface area (Å²) >= 11 is 0. The van der Waals surface area contributed by atoms with Gasteiger partial charge in [-0.05, 0) is 37.7 Å². The molecule has 1 heterocycles. The molecule has 3 heteroatoms. The number of rotatable bonds is 3. The lowest BCUT2D eigenvalue weighted by molar-refractivity contribution is -0.122. The molecule has 1 aromatic rings. The number of amides is 1. The molecule has 1 N–H and O–H groups in total. The maximum atomic E-state index is 12.2. The number of fused-ring (bicyclic) bond motifs is 1. The zero-order chi connectivity index (χ0) is 13.8. The van der Waals surface area contributed by atoms with Gasteiger partial charge in [0.1, 0.15) is 5.75 Å². The van der Waals surface area contributed by atoms with Crippen molar-refractivity contribution in [2.24, 2.45) is 5.92 Å². The average Bonchev–Trinajstić information content (AvgIpc) is 2.87. The van der Waals surface area contributed by atoms with Crippen LogP contribution in [0.3, 0.4) is 0 Å². The van der Waals surface area contributed by atoms with Crippen molar-refractivity contribution in [2.75, 3.05) is 6.61 Å². The first-order valence-corrected chi connectivity index (χ1v) is 7.50. The number of hydrogen-bond donors (Lipinski definition) is 1. The molecule has 1 aromatic carbocycles. The van der Waals surface area contributed by atoms with Crippen LogP contribution < -0.4 is 10.1 Å². The summed E-state index contributed by atoms with van der Waals surface area (Å²) in [6, 6.07) is 8.12. The summed E-state index contributed by atoms with van der Waals surface area (Å²) in [5, 5.41) is 3.19. The van der Waals surface area contributed by atoms with E-state index in [4.69, 9.17) is 4.74 Å². The van der Waals surface area contributed by atoms with Crippen LogP contribution in [-0.2, 0) is 4.79 Å². The lowest BCUT2D eigenvalue weighted by Crippen LogP contribution is -2.29. The third kappa shape index (κ3) is 3.03. The average molecular weight is 271 g/mol. The third-order valence-electron chi connectivity index (χ3n) is 4.08. The van der Waals surface area contributed by atoms with E-state index in [1.54, 1.807) is 0 Å². The molecule has 20 heavy (non-hydrogen) atoms. The minimum absolute atomic E-state index is 0.0894. The topological polar surface area (TPSA) is 38.3 Å². The largest absolute Gasteiger partial charge is 0.493 e. The molecule has 0 bridgehead atoms. The Bertz CT molecular complexity index is 509. The Morgan fingerprint density at radius 2 is 2.20 bits per heavy atom. The summed E-state index contributed by atoms with van der Waals surface area (Å²) < 4.78 is 5.73. The van der Waals surface area contributed by atoms with Gasteiger partial charge in [-0.15, -0.1) is 0 Å². The molecule has 2 atom stereocenters. The van der Waals surface area contributed by atoms with Gasteiger partial charge in [0.05, 0.1) is 12.6 Å². The summed E-state index contributed by atoms with van der Waals surface area (Å²) in [7, 11) is 0. The van der Waals surface area contributed by atoms with E-state index in [-0.39, 0.29) is 11.9 Å². The fraction of sp³-hybridized carbons (Fsp3) is 0.471. The summed E-state index contributed by atoms with van der Waals surface area (Å²) in [6.07, 6.45) is 9.09. The van der Waals surface area contributed by atoms with E-state index >= 15 is 0 Å². The fourth-order valence-corrected chi connectivity index (χ4v) is 3.03. The van der Waals surface area contributed by atoms with Crippen molar-refractivity contribution in [3.8, 4) is 5.75 Å². The number of allylic oxidation sites excluding steroid dienone is 2. The predicted octanol–water partition coefficient (Wildman–Crippen LogP) is 3.37. The van der Waals surface area contributed by atoms with Gasteiger partial charge in [0.2, 0.25) is 5.91 Å². The number of benzene rings is 1. The van der Waals surface area contributed by atoms with Gasteiger partial charge in [0.15, 0.2) is 0 Å². The predicted molar refractivity (Wildman–Crippen MR) is 78.5 cm³/mol. The Hall–Kier alpha value is -1.77. The number of ether oxygens (including phenoxy) is 1. The molecular weight excluding hydrogens is 250 g/mol. The Morgan fingerprint density at radius 1 is 1.30 bits per heavy atom. The first-order chi connectivity index (χ1) is 9.83. The summed E-state index contributed by atoms with van der Waals surface area (Å²) in [5.74, 6) is 1.49. The highest BCUT2D eigenvalue weighted by Crippen LogP contribution is 2.31. The molecule has 0 saturated heterocycles. The second-order valence-corrected chi connectivity index (χ2v) is 5.62. The number of para-hydroxylation sites is 1. The molecule has 0 radical (unpaired) electrons. The zero-order valence-electron chi connectivity index (χ0n) is 11.7. The summed E-state index contributed by atoms with van der Waals surface area (Å²) in [4.78, 5) is 12.2. The monoisotopic (exact) mass is 271 g/mol. The number of nitrogens with one attached hydrogen (secondary N) is 1. The molecule has 1 aliphatic heterocycles. The van der Waals surface area contributed by atoms with Crippen LogP contribution in [0.15, 0.2) is 36.4 Å². The van der Waals surface area contributed by atoms with Crippen molar-refractivity contribution in [3.63, 3.8) is 0 Å². The number of hydrogen-bond acceptors (Lipinski definition) is 2.